The van der Waals surface area contributed by atoms with Crippen molar-refractivity contribution in [3.63, 3.8) is 0 Å². The number of nitrogens with zero attached hydrogens (tertiary/aromatic N) is 1. The number of carbonyl (C=O) groups is 2. The highest BCUT2D eigenvalue weighted by atomic mass is 35.5. The van der Waals surface area contributed by atoms with Gasteiger partial charge in [-0.05, 0) is 41.8 Å². The zero-order valence-electron chi connectivity index (χ0n) is 14.3. The highest BCUT2D eigenvalue weighted by molar-refractivity contribution is 6.35. The Hall–Kier alpha value is -2.11. The Morgan fingerprint density at radius 3 is 2.42 bits per heavy atom. The number of carbonyl (C=O) groups excluding carboxylic acids is 2. The molecule has 0 bridgehead atoms. The maximum absolute atomic E-state index is 12.9. The fourth-order valence-corrected chi connectivity index (χ4v) is 2.86. The molecule has 0 aromatic heterocycles. The predicted octanol–water partition coefficient (Wildman–Crippen LogP) is 3.84. The van der Waals surface area contributed by atoms with E-state index >= 15 is 0 Å². The van der Waals surface area contributed by atoms with E-state index in [2.05, 4.69) is 5.32 Å². The lowest BCUT2D eigenvalue weighted by Crippen LogP contribution is -2.40. The zero-order chi connectivity index (χ0) is 19.1. The number of hydrogen-bond donors (Lipinski definition) is 1. The van der Waals surface area contributed by atoms with Crippen LogP contribution in [-0.4, -0.2) is 29.8 Å². The van der Waals surface area contributed by atoms with Crippen LogP contribution in [0.1, 0.15) is 18.1 Å². The molecule has 2 amide bonds. The Balaban J connectivity index is 1.87. The normalized spacial score (nSPS) is 10.5. The average molecular weight is 397 g/mol. The van der Waals surface area contributed by atoms with Crippen LogP contribution in [0.5, 0.6) is 0 Å². The lowest BCUT2D eigenvalue weighted by molar-refractivity contribution is -0.134. The van der Waals surface area contributed by atoms with Gasteiger partial charge < -0.3 is 10.2 Å². The van der Waals surface area contributed by atoms with Gasteiger partial charge >= 0.3 is 0 Å². The van der Waals surface area contributed by atoms with Crippen LogP contribution in [0.25, 0.3) is 0 Å². The van der Waals surface area contributed by atoms with Crippen molar-refractivity contribution in [2.24, 2.45) is 0 Å². The Morgan fingerprint density at radius 2 is 1.81 bits per heavy atom. The summed E-state index contributed by atoms with van der Waals surface area (Å²) in [4.78, 5) is 25.3. The fraction of sp³-hybridized carbons (Fsp3) is 0.263. The van der Waals surface area contributed by atoms with Crippen molar-refractivity contribution in [3.05, 3.63) is 69.5 Å². The number of nitrogens with one attached hydrogen (secondary N) is 1. The largest absolute Gasteiger partial charge is 0.350 e. The van der Waals surface area contributed by atoms with Crippen molar-refractivity contribution in [2.75, 3.05) is 13.1 Å². The molecule has 0 aliphatic heterocycles. The van der Waals surface area contributed by atoms with Crippen LogP contribution < -0.4 is 5.32 Å². The summed E-state index contributed by atoms with van der Waals surface area (Å²) in [7, 11) is 0. The summed E-state index contributed by atoms with van der Waals surface area (Å²) >= 11 is 12.0. The lowest BCUT2D eigenvalue weighted by Gasteiger charge is -2.21. The van der Waals surface area contributed by atoms with E-state index in [9.17, 15) is 14.0 Å². The molecule has 0 aliphatic rings. The minimum atomic E-state index is -0.330. The third-order valence-corrected chi connectivity index (χ3v) is 4.44. The van der Waals surface area contributed by atoms with Crippen LogP contribution in [0, 0.1) is 5.82 Å². The summed E-state index contributed by atoms with van der Waals surface area (Å²) in [6, 6.07) is 11.0. The molecule has 0 unspecified atom stereocenters. The lowest BCUT2D eigenvalue weighted by atomic mass is 10.1. The van der Waals surface area contributed by atoms with Gasteiger partial charge in [-0.15, -0.1) is 0 Å². The van der Waals surface area contributed by atoms with Crippen LogP contribution >= 0.6 is 23.2 Å². The first-order valence-electron chi connectivity index (χ1n) is 8.05. The monoisotopic (exact) mass is 396 g/mol. The molecule has 4 nitrogen and oxygen atoms in total. The zero-order valence-corrected chi connectivity index (χ0v) is 15.8. The smallest absolute Gasteiger partial charge is 0.239 e. The SMILES string of the molecule is CC(=O)N(CCc1ccc(Cl)cc1Cl)CC(=O)NCc1ccc(F)cc1. The van der Waals surface area contributed by atoms with Gasteiger partial charge in [-0.3, -0.25) is 9.59 Å². The molecule has 0 saturated carbocycles. The third kappa shape index (κ3) is 6.32. The van der Waals surface area contributed by atoms with Crippen molar-refractivity contribution >= 4 is 35.0 Å². The van der Waals surface area contributed by atoms with Gasteiger partial charge in [0.15, 0.2) is 0 Å². The van der Waals surface area contributed by atoms with Crippen LogP contribution in [0.4, 0.5) is 4.39 Å². The number of amides is 2. The molecule has 7 heteroatoms. The molecule has 2 rings (SSSR count). The van der Waals surface area contributed by atoms with E-state index in [-0.39, 0.29) is 30.7 Å². The maximum Gasteiger partial charge on any atom is 0.239 e. The molecule has 0 heterocycles. The molecule has 0 aliphatic carbocycles. The van der Waals surface area contributed by atoms with E-state index in [1.165, 1.54) is 24.0 Å². The molecular weight excluding hydrogens is 378 g/mol. The Bertz CT molecular complexity index is 782. The Labute approximate surface area is 161 Å². The standard InChI is InChI=1S/C19H19Cl2FN2O2/c1-13(25)24(9-8-15-4-5-16(20)10-18(15)21)12-19(26)23-11-14-2-6-17(22)7-3-14/h2-7,10H,8-9,11-12H2,1H3,(H,23,26). The van der Waals surface area contributed by atoms with E-state index in [0.717, 1.165) is 11.1 Å². The van der Waals surface area contributed by atoms with Crippen LogP contribution in [0.3, 0.4) is 0 Å². The first kappa shape index (κ1) is 20.2. The molecule has 0 spiro atoms. The highest BCUT2D eigenvalue weighted by Crippen LogP contribution is 2.21. The van der Waals surface area contributed by atoms with E-state index in [4.69, 9.17) is 23.2 Å². The van der Waals surface area contributed by atoms with Crippen LogP contribution in [0.2, 0.25) is 10.0 Å². The van der Waals surface area contributed by atoms with Crippen molar-refractivity contribution in [3.8, 4) is 0 Å². The van der Waals surface area contributed by atoms with Gasteiger partial charge in [0, 0.05) is 30.1 Å². The summed E-state index contributed by atoms with van der Waals surface area (Å²) in [5.74, 6) is -0.817. The number of hydrogen-bond acceptors (Lipinski definition) is 2. The van der Waals surface area contributed by atoms with Crippen molar-refractivity contribution in [1.82, 2.24) is 10.2 Å². The fourth-order valence-electron chi connectivity index (χ4n) is 2.36. The quantitative estimate of drug-likeness (QED) is 0.772. The number of benzene rings is 2. The second-order valence-corrected chi connectivity index (χ2v) is 6.67. The Kier molecular flexibility index (Phi) is 7.42. The van der Waals surface area contributed by atoms with Gasteiger partial charge in [0.1, 0.15) is 5.82 Å². The second kappa shape index (κ2) is 9.55. The molecule has 0 fully saturated rings. The van der Waals surface area contributed by atoms with Gasteiger partial charge in [0.05, 0.1) is 6.54 Å². The summed E-state index contributed by atoms with van der Waals surface area (Å²) in [5, 5.41) is 3.80. The Morgan fingerprint density at radius 1 is 1.12 bits per heavy atom. The summed E-state index contributed by atoms with van der Waals surface area (Å²) in [5.41, 5.74) is 1.64. The topological polar surface area (TPSA) is 49.4 Å². The molecule has 2 aromatic rings. The molecule has 2 aromatic carbocycles. The summed E-state index contributed by atoms with van der Waals surface area (Å²) in [6.07, 6.45) is 0.515. The van der Waals surface area contributed by atoms with E-state index in [1.807, 2.05) is 0 Å². The minimum Gasteiger partial charge on any atom is -0.350 e. The minimum absolute atomic E-state index is 0.0538. The van der Waals surface area contributed by atoms with Gasteiger partial charge in [0.25, 0.3) is 0 Å². The third-order valence-electron chi connectivity index (χ3n) is 3.85. The van der Waals surface area contributed by atoms with Crippen LogP contribution in [-0.2, 0) is 22.6 Å². The van der Waals surface area contributed by atoms with Crippen molar-refractivity contribution in [2.45, 2.75) is 19.9 Å². The molecule has 1 N–H and O–H groups in total. The van der Waals surface area contributed by atoms with Crippen LogP contribution in [0.15, 0.2) is 42.5 Å². The predicted molar refractivity (Wildman–Crippen MR) is 101 cm³/mol. The van der Waals surface area contributed by atoms with E-state index < -0.39 is 0 Å². The van der Waals surface area contributed by atoms with Gasteiger partial charge in [-0.25, -0.2) is 4.39 Å². The molecule has 0 radical (unpaired) electrons. The van der Waals surface area contributed by atoms with Crippen molar-refractivity contribution in [1.29, 1.82) is 0 Å². The molecule has 0 atom stereocenters. The van der Waals surface area contributed by atoms with E-state index in [0.29, 0.717) is 23.0 Å². The number of halogens is 3. The van der Waals surface area contributed by atoms with Gasteiger partial charge in [-0.1, -0.05) is 41.4 Å². The first-order valence-corrected chi connectivity index (χ1v) is 8.81. The number of rotatable bonds is 7. The average Bonchev–Trinajstić information content (AvgIpc) is 2.59. The van der Waals surface area contributed by atoms with Gasteiger partial charge in [-0.2, -0.15) is 0 Å². The maximum atomic E-state index is 12.9. The molecule has 26 heavy (non-hydrogen) atoms. The van der Waals surface area contributed by atoms with Crippen molar-refractivity contribution < 1.29 is 14.0 Å². The highest BCUT2D eigenvalue weighted by Gasteiger charge is 2.14. The molecule has 0 saturated heterocycles. The molecular formula is C19H19Cl2FN2O2. The summed E-state index contributed by atoms with van der Waals surface area (Å²) < 4.78 is 12.9. The first-order chi connectivity index (χ1) is 12.3. The second-order valence-electron chi connectivity index (χ2n) is 5.83. The molecule has 138 valence electrons. The van der Waals surface area contributed by atoms with E-state index in [1.54, 1.807) is 30.3 Å². The van der Waals surface area contributed by atoms with Gasteiger partial charge in [0.2, 0.25) is 11.8 Å². The summed E-state index contributed by atoms with van der Waals surface area (Å²) in [6.45, 7) is 1.99.